The van der Waals surface area contributed by atoms with Gasteiger partial charge in [0.15, 0.2) is 11.6 Å². The molecule has 0 saturated heterocycles. The largest absolute Gasteiger partial charge is 0.308 e. The molecule has 6 heteroatoms. The van der Waals surface area contributed by atoms with Crippen molar-refractivity contribution in [3.8, 4) is 22.6 Å². The molecule has 39 heavy (non-hydrogen) atoms. The Balaban J connectivity index is 1.65. The second-order valence-corrected chi connectivity index (χ2v) is 11.3. The number of hydrogen-bond acceptors (Lipinski definition) is 4. The maximum atomic E-state index is 15.3. The molecule has 0 bridgehead atoms. The molecular weight excluding hydrogens is 487 g/mol. The van der Waals surface area contributed by atoms with Crippen LogP contribution in [0, 0.1) is 24.2 Å². The molecule has 0 amide bonds. The lowest BCUT2D eigenvalue weighted by Crippen LogP contribution is -2.48. The van der Waals surface area contributed by atoms with Crippen molar-refractivity contribution in [1.29, 1.82) is 0 Å². The van der Waals surface area contributed by atoms with Crippen LogP contribution in [0.15, 0.2) is 54.4 Å². The van der Waals surface area contributed by atoms with E-state index >= 15 is 4.39 Å². The molecule has 0 unspecified atom stereocenters. The lowest BCUT2D eigenvalue weighted by Gasteiger charge is -2.49. The van der Waals surface area contributed by atoms with Gasteiger partial charge in [-0.25, -0.2) is 19.2 Å². The Morgan fingerprint density at radius 1 is 1.10 bits per heavy atom. The zero-order valence-electron chi connectivity index (χ0n) is 22.6. The van der Waals surface area contributed by atoms with Gasteiger partial charge in [0, 0.05) is 45.8 Å². The summed E-state index contributed by atoms with van der Waals surface area (Å²) in [5.74, 6) is 0.533. The van der Waals surface area contributed by atoms with Gasteiger partial charge in [0.2, 0.25) is 5.70 Å². The van der Waals surface area contributed by atoms with E-state index in [1.54, 1.807) is 12.1 Å². The Bertz CT molecular complexity index is 1520. The number of rotatable bonds is 7. The van der Waals surface area contributed by atoms with E-state index in [4.69, 9.17) is 16.5 Å². The van der Waals surface area contributed by atoms with Crippen LogP contribution in [-0.4, -0.2) is 20.7 Å². The minimum Gasteiger partial charge on any atom is -0.308 e. The normalized spacial score (nSPS) is 23.9. The third-order valence-electron chi connectivity index (χ3n) is 8.83. The van der Waals surface area contributed by atoms with Gasteiger partial charge in [-0.3, -0.25) is 4.98 Å². The molecule has 5 nitrogen and oxygen atoms in total. The zero-order chi connectivity index (χ0) is 27.1. The third kappa shape index (κ3) is 4.29. The fourth-order valence-corrected chi connectivity index (χ4v) is 6.98. The number of fused-ring (bicyclic) bond motifs is 3. The van der Waals surface area contributed by atoms with Gasteiger partial charge in [0.1, 0.15) is 5.82 Å². The summed E-state index contributed by atoms with van der Waals surface area (Å²) in [7, 11) is 0. The highest BCUT2D eigenvalue weighted by Gasteiger charge is 2.52. The molecule has 0 N–H and O–H groups in total. The summed E-state index contributed by atoms with van der Waals surface area (Å²) in [5.41, 5.74) is 4.45. The van der Waals surface area contributed by atoms with Gasteiger partial charge in [0.25, 0.3) is 0 Å². The van der Waals surface area contributed by atoms with E-state index in [0.717, 1.165) is 67.5 Å². The first-order valence-corrected chi connectivity index (χ1v) is 14.3. The highest BCUT2D eigenvalue weighted by molar-refractivity contribution is 6.00. The van der Waals surface area contributed by atoms with Gasteiger partial charge in [-0.05, 0) is 68.7 Å². The monoisotopic (exact) mass is 520 g/mol. The predicted octanol–water partition coefficient (Wildman–Crippen LogP) is 7.62. The number of carbonyl (C=O) groups excluding carboxylic acids is 1. The first-order chi connectivity index (χ1) is 19.0. The second kappa shape index (κ2) is 10.1. The van der Waals surface area contributed by atoms with Gasteiger partial charge < -0.3 is 4.79 Å². The van der Waals surface area contributed by atoms with Gasteiger partial charge >= 0.3 is 0 Å². The Morgan fingerprint density at radius 3 is 2.64 bits per heavy atom. The second-order valence-electron chi connectivity index (χ2n) is 11.3. The van der Waals surface area contributed by atoms with Crippen LogP contribution in [0.2, 0.25) is 0 Å². The number of benzene rings is 1. The number of carbonyl (C=O) groups is 1. The Kier molecular flexibility index (Phi) is 6.62. The van der Waals surface area contributed by atoms with E-state index in [2.05, 4.69) is 29.7 Å². The maximum absolute atomic E-state index is 15.3. The predicted molar refractivity (Wildman–Crippen MR) is 149 cm³/mol. The summed E-state index contributed by atoms with van der Waals surface area (Å²) in [6.45, 7) is 12.1. The minimum atomic E-state index is -0.569. The molecule has 2 heterocycles. The molecule has 0 spiro atoms. The third-order valence-corrected chi connectivity index (χ3v) is 8.83. The first-order valence-electron chi connectivity index (χ1n) is 14.3. The van der Waals surface area contributed by atoms with Crippen LogP contribution < -0.4 is 0 Å². The summed E-state index contributed by atoms with van der Waals surface area (Å²) < 4.78 is 15.3. The lowest BCUT2D eigenvalue weighted by atomic mass is 9.55. The van der Waals surface area contributed by atoms with E-state index in [1.165, 1.54) is 6.07 Å². The SMILES string of the molecule is [C-]#[N+]C1=C[C@@]2(CCC)c3nc(-c4ccnc(C5CC5)c4)nc(-c4ccccc4F)c3CC[C@@H]2[C@@H](CCC)C1=O. The molecule has 3 atom stereocenters. The van der Waals surface area contributed by atoms with Crippen LogP contribution in [0.4, 0.5) is 4.39 Å². The van der Waals surface area contributed by atoms with E-state index in [9.17, 15) is 4.79 Å². The quantitative estimate of drug-likeness (QED) is 0.301. The molecule has 1 aromatic carbocycles. The summed E-state index contributed by atoms with van der Waals surface area (Å²) >= 11 is 0. The van der Waals surface area contributed by atoms with Gasteiger partial charge in [-0.15, -0.1) is 0 Å². The van der Waals surface area contributed by atoms with Crippen LogP contribution in [-0.2, 0) is 16.6 Å². The highest BCUT2D eigenvalue weighted by atomic mass is 19.1. The van der Waals surface area contributed by atoms with E-state index in [-0.39, 0.29) is 29.1 Å². The van der Waals surface area contributed by atoms with E-state index < -0.39 is 5.41 Å². The molecule has 0 aliphatic heterocycles. The summed E-state index contributed by atoms with van der Waals surface area (Å²) in [5, 5.41) is 0. The minimum absolute atomic E-state index is 0.0288. The standard InChI is InChI=1S/C33H33FN4O/c1-4-8-22-25-14-13-24-29(23-9-6-7-10-26(23)34)37-32(21-15-17-36-27(18-21)20-11-12-20)38-31(24)33(25,16-5-2)19-28(35-3)30(22)39/h6-7,9-10,15,17-20,22,25H,4-5,8,11-14,16H2,1-2H3/t22-,25-,33-/m1/s1. The Morgan fingerprint density at radius 2 is 1.92 bits per heavy atom. The van der Waals surface area contributed by atoms with Crippen molar-refractivity contribution in [1.82, 2.24) is 15.0 Å². The van der Waals surface area contributed by atoms with Crippen molar-refractivity contribution in [3.05, 3.63) is 88.6 Å². The average molecular weight is 521 g/mol. The Hall–Kier alpha value is -3.72. The number of Topliss-reactive ketones (excluding diaryl/α,β-unsaturated/α-hetero) is 1. The van der Waals surface area contributed by atoms with Crippen molar-refractivity contribution in [3.63, 3.8) is 0 Å². The molecule has 1 fully saturated rings. The van der Waals surface area contributed by atoms with Gasteiger partial charge in [-0.2, -0.15) is 0 Å². The van der Waals surface area contributed by atoms with Crippen LogP contribution in [0.5, 0.6) is 0 Å². The lowest BCUT2D eigenvalue weighted by molar-refractivity contribution is -0.123. The molecular formula is C33H33FN4O. The van der Waals surface area contributed by atoms with Crippen LogP contribution in [0.25, 0.3) is 27.5 Å². The van der Waals surface area contributed by atoms with Crippen LogP contribution in [0.1, 0.15) is 81.7 Å². The number of ketones is 1. The number of hydrogen-bond donors (Lipinski definition) is 0. The smallest absolute Gasteiger partial charge is 0.226 e. The van der Waals surface area contributed by atoms with Crippen molar-refractivity contribution in [2.45, 2.75) is 76.5 Å². The van der Waals surface area contributed by atoms with Gasteiger partial charge in [-0.1, -0.05) is 44.9 Å². The number of nitrogens with zero attached hydrogens (tertiary/aromatic N) is 4. The number of pyridine rings is 1. The highest BCUT2D eigenvalue weighted by Crippen LogP contribution is 2.54. The fraction of sp³-hybridized carbons (Fsp3) is 0.424. The molecule has 198 valence electrons. The maximum Gasteiger partial charge on any atom is 0.226 e. The zero-order valence-corrected chi connectivity index (χ0v) is 22.6. The number of aromatic nitrogens is 3. The molecule has 1 saturated carbocycles. The van der Waals surface area contributed by atoms with E-state index in [1.807, 2.05) is 24.4 Å². The average Bonchev–Trinajstić information content (AvgIpc) is 3.80. The molecule has 3 aromatic rings. The summed E-state index contributed by atoms with van der Waals surface area (Å²) in [6, 6.07) is 10.8. The van der Waals surface area contributed by atoms with Crippen molar-refractivity contribution in [2.24, 2.45) is 11.8 Å². The molecule has 3 aliphatic rings. The molecule has 2 aromatic heterocycles. The molecule has 3 aliphatic carbocycles. The van der Waals surface area contributed by atoms with Crippen molar-refractivity contribution < 1.29 is 9.18 Å². The summed E-state index contributed by atoms with van der Waals surface area (Å²) in [6.07, 6.45) is 10.8. The van der Waals surface area contributed by atoms with E-state index in [0.29, 0.717) is 29.4 Å². The fourth-order valence-electron chi connectivity index (χ4n) is 6.98. The van der Waals surface area contributed by atoms with Crippen molar-refractivity contribution in [2.75, 3.05) is 0 Å². The van der Waals surface area contributed by atoms with Crippen LogP contribution in [0.3, 0.4) is 0 Å². The Labute approximate surface area is 229 Å². The summed E-state index contributed by atoms with van der Waals surface area (Å²) in [4.78, 5) is 32.0. The van der Waals surface area contributed by atoms with Crippen molar-refractivity contribution >= 4 is 5.78 Å². The van der Waals surface area contributed by atoms with Gasteiger partial charge in [0.05, 0.1) is 18.0 Å². The van der Waals surface area contributed by atoms with Crippen LogP contribution >= 0.6 is 0 Å². The number of allylic oxidation sites excluding steroid dienone is 2. The topological polar surface area (TPSA) is 60.1 Å². The molecule has 6 rings (SSSR count). The first kappa shape index (κ1) is 25.6. The molecule has 0 radical (unpaired) electrons. The number of halogens is 1.